The van der Waals surface area contributed by atoms with Crippen LogP contribution in [0.5, 0.6) is 17.2 Å². The molecule has 4 aromatic rings. The first kappa shape index (κ1) is 30.1. The third kappa shape index (κ3) is 7.87. The van der Waals surface area contributed by atoms with E-state index >= 15 is 0 Å². The van der Waals surface area contributed by atoms with Gasteiger partial charge in [0.25, 0.3) is 15.9 Å². The summed E-state index contributed by atoms with van der Waals surface area (Å²) in [6.07, 6.45) is 1.40. The highest BCUT2D eigenvalue weighted by atomic mass is 35.5. The molecule has 4 rings (SSSR count). The van der Waals surface area contributed by atoms with E-state index in [0.717, 1.165) is 0 Å². The molecular weight excluding hydrogens is 582 g/mol. The Morgan fingerprint density at radius 1 is 0.881 bits per heavy atom. The summed E-state index contributed by atoms with van der Waals surface area (Å²) in [5.41, 5.74) is 3.86. The number of ether oxygens (including phenoxy) is 3. The van der Waals surface area contributed by atoms with Crippen molar-refractivity contribution in [2.24, 2.45) is 5.10 Å². The maximum absolute atomic E-state index is 12.6. The molecule has 0 radical (unpaired) electrons. The normalized spacial score (nSPS) is 11.1. The standard InChI is InChI=1S/C30H26ClN3O7S/c1-3-40-25-13-7-22(8-14-25)30(36)41-27-17-4-20(18-28(27)39-2)19-32-33-29(35)21-5-11-24(12-6-21)34-42(37,38)26-15-9-23(31)10-16-26/h4-19,34H,3H2,1-2H3,(H,33,35)/b32-19-. The average molecular weight is 608 g/mol. The van der Waals surface area contributed by atoms with Crippen LogP contribution in [0.25, 0.3) is 0 Å². The van der Waals surface area contributed by atoms with E-state index in [9.17, 15) is 18.0 Å². The van der Waals surface area contributed by atoms with Crippen LogP contribution in [0.15, 0.2) is 101 Å². The highest BCUT2D eigenvalue weighted by Crippen LogP contribution is 2.28. The molecule has 4 aromatic carbocycles. The summed E-state index contributed by atoms with van der Waals surface area (Å²) in [7, 11) is -2.38. The Morgan fingerprint density at radius 3 is 2.19 bits per heavy atom. The van der Waals surface area contributed by atoms with E-state index in [1.165, 1.54) is 61.9 Å². The average Bonchev–Trinajstić information content (AvgIpc) is 2.98. The highest BCUT2D eigenvalue weighted by molar-refractivity contribution is 7.92. The number of methoxy groups -OCH3 is 1. The van der Waals surface area contributed by atoms with E-state index in [1.54, 1.807) is 42.5 Å². The molecule has 0 heterocycles. The third-order valence-electron chi connectivity index (χ3n) is 5.69. The molecular formula is C30H26ClN3O7S. The van der Waals surface area contributed by atoms with Gasteiger partial charge in [0.05, 0.1) is 30.4 Å². The Bertz CT molecular complexity index is 1690. The van der Waals surface area contributed by atoms with Crippen LogP contribution < -0.4 is 24.4 Å². The molecule has 10 nitrogen and oxygen atoms in total. The van der Waals surface area contributed by atoms with Gasteiger partial charge < -0.3 is 14.2 Å². The van der Waals surface area contributed by atoms with Crippen LogP contribution >= 0.6 is 11.6 Å². The largest absolute Gasteiger partial charge is 0.494 e. The monoisotopic (exact) mass is 607 g/mol. The Labute approximate surface area is 247 Å². The number of hydrazone groups is 1. The van der Waals surface area contributed by atoms with E-state index in [0.29, 0.717) is 34.3 Å². The van der Waals surface area contributed by atoms with Gasteiger partial charge in [-0.15, -0.1) is 0 Å². The number of carbonyl (C=O) groups is 2. The second kappa shape index (κ2) is 13.7. The van der Waals surface area contributed by atoms with Crippen molar-refractivity contribution < 1.29 is 32.2 Å². The van der Waals surface area contributed by atoms with Crippen molar-refractivity contribution in [2.45, 2.75) is 11.8 Å². The van der Waals surface area contributed by atoms with E-state index in [-0.39, 0.29) is 21.9 Å². The maximum Gasteiger partial charge on any atom is 0.343 e. The fourth-order valence-corrected chi connectivity index (χ4v) is 4.79. The van der Waals surface area contributed by atoms with Gasteiger partial charge in [0.2, 0.25) is 0 Å². The van der Waals surface area contributed by atoms with Gasteiger partial charge in [0, 0.05) is 16.3 Å². The smallest absolute Gasteiger partial charge is 0.343 e. The lowest BCUT2D eigenvalue weighted by Crippen LogP contribution is -2.18. The van der Waals surface area contributed by atoms with Crippen molar-refractivity contribution in [3.05, 3.63) is 113 Å². The molecule has 0 saturated heterocycles. The van der Waals surface area contributed by atoms with Crippen LogP contribution in [-0.2, 0) is 10.0 Å². The molecule has 0 unspecified atom stereocenters. The number of carbonyl (C=O) groups excluding carboxylic acids is 2. The number of benzene rings is 4. The second-order valence-corrected chi connectivity index (χ2v) is 10.7. The number of halogens is 1. The molecule has 0 aromatic heterocycles. The first-order chi connectivity index (χ1) is 20.2. The molecule has 0 bridgehead atoms. The van der Waals surface area contributed by atoms with Crippen LogP contribution in [0, 0.1) is 0 Å². The minimum absolute atomic E-state index is 0.0542. The van der Waals surface area contributed by atoms with Gasteiger partial charge in [-0.05, 0) is 103 Å². The topological polar surface area (TPSA) is 132 Å². The van der Waals surface area contributed by atoms with Gasteiger partial charge in [0.1, 0.15) is 5.75 Å². The third-order valence-corrected chi connectivity index (χ3v) is 7.34. The van der Waals surface area contributed by atoms with E-state index < -0.39 is 21.9 Å². The zero-order valence-corrected chi connectivity index (χ0v) is 24.1. The fourth-order valence-electron chi connectivity index (χ4n) is 3.61. The predicted octanol–water partition coefficient (Wildman–Crippen LogP) is 5.53. The lowest BCUT2D eigenvalue weighted by Gasteiger charge is -2.10. The number of hydrogen-bond donors (Lipinski definition) is 2. The summed E-state index contributed by atoms with van der Waals surface area (Å²) in [6.45, 7) is 2.39. The van der Waals surface area contributed by atoms with Gasteiger partial charge in [-0.25, -0.2) is 18.6 Å². The van der Waals surface area contributed by atoms with Crippen LogP contribution in [0.2, 0.25) is 5.02 Å². The van der Waals surface area contributed by atoms with Crippen molar-refractivity contribution in [1.82, 2.24) is 5.43 Å². The first-order valence-electron chi connectivity index (χ1n) is 12.5. The van der Waals surface area contributed by atoms with Gasteiger partial charge in [0.15, 0.2) is 11.5 Å². The Hall–Kier alpha value is -4.87. The van der Waals surface area contributed by atoms with Gasteiger partial charge in [-0.3, -0.25) is 9.52 Å². The van der Waals surface area contributed by atoms with Crippen LogP contribution in [-0.4, -0.2) is 40.2 Å². The minimum atomic E-state index is -3.82. The molecule has 0 aliphatic heterocycles. The second-order valence-electron chi connectivity index (χ2n) is 8.59. The lowest BCUT2D eigenvalue weighted by atomic mass is 10.2. The van der Waals surface area contributed by atoms with Crippen molar-refractivity contribution in [3.63, 3.8) is 0 Å². The molecule has 0 fully saturated rings. The minimum Gasteiger partial charge on any atom is -0.494 e. The quantitative estimate of drug-likeness (QED) is 0.0991. The van der Waals surface area contributed by atoms with Crippen molar-refractivity contribution in [2.75, 3.05) is 18.4 Å². The van der Waals surface area contributed by atoms with Crippen LogP contribution in [0.3, 0.4) is 0 Å². The van der Waals surface area contributed by atoms with Crippen LogP contribution in [0.4, 0.5) is 5.69 Å². The molecule has 216 valence electrons. The number of esters is 1. The molecule has 0 aliphatic carbocycles. The fraction of sp³-hybridized carbons (Fsp3) is 0.100. The number of amides is 1. The highest BCUT2D eigenvalue weighted by Gasteiger charge is 2.15. The molecule has 0 atom stereocenters. The lowest BCUT2D eigenvalue weighted by molar-refractivity contribution is 0.0729. The Kier molecular flexibility index (Phi) is 9.79. The zero-order valence-electron chi connectivity index (χ0n) is 22.5. The molecule has 12 heteroatoms. The van der Waals surface area contributed by atoms with E-state index in [4.69, 9.17) is 25.8 Å². The maximum atomic E-state index is 12.6. The molecule has 0 aliphatic rings. The zero-order chi connectivity index (χ0) is 30.1. The predicted molar refractivity (Wildman–Crippen MR) is 159 cm³/mol. The summed E-state index contributed by atoms with van der Waals surface area (Å²) < 4.78 is 43.7. The van der Waals surface area contributed by atoms with Gasteiger partial charge in [-0.1, -0.05) is 11.6 Å². The van der Waals surface area contributed by atoms with E-state index in [2.05, 4.69) is 15.2 Å². The molecule has 2 N–H and O–H groups in total. The summed E-state index contributed by atoms with van der Waals surface area (Å²) >= 11 is 5.82. The Balaban J connectivity index is 1.34. The number of sulfonamides is 1. The van der Waals surface area contributed by atoms with Crippen LogP contribution in [0.1, 0.15) is 33.2 Å². The summed E-state index contributed by atoms with van der Waals surface area (Å²) in [5, 5.41) is 4.38. The summed E-state index contributed by atoms with van der Waals surface area (Å²) in [5.74, 6) is 0.0858. The SMILES string of the molecule is CCOc1ccc(C(=O)Oc2ccc(/C=N\NC(=O)c3ccc(NS(=O)(=O)c4ccc(Cl)cc4)cc3)cc2OC)cc1. The number of rotatable bonds is 11. The van der Waals surface area contributed by atoms with Crippen molar-refractivity contribution in [3.8, 4) is 17.2 Å². The van der Waals surface area contributed by atoms with E-state index in [1.807, 2.05) is 6.92 Å². The summed E-state index contributed by atoms with van der Waals surface area (Å²) in [4.78, 5) is 25.1. The summed E-state index contributed by atoms with van der Waals surface area (Å²) in [6, 6.07) is 23.0. The number of nitrogens with one attached hydrogen (secondary N) is 2. The molecule has 0 spiro atoms. The van der Waals surface area contributed by atoms with Crippen molar-refractivity contribution in [1.29, 1.82) is 0 Å². The first-order valence-corrected chi connectivity index (χ1v) is 14.4. The molecule has 0 saturated carbocycles. The number of anilines is 1. The Morgan fingerprint density at radius 2 is 1.55 bits per heavy atom. The number of hydrogen-bond acceptors (Lipinski definition) is 8. The van der Waals surface area contributed by atoms with Crippen molar-refractivity contribution >= 4 is 45.4 Å². The van der Waals surface area contributed by atoms with Gasteiger partial charge >= 0.3 is 5.97 Å². The van der Waals surface area contributed by atoms with Gasteiger partial charge in [-0.2, -0.15) is 5.10 Å². The molecule has 1 amide bonds. The molecule has 42 heavy (non-hydrogen) atoms. The number of nitrogens with zero attached hydrogens (tertiary/aromatic N) is 1.